The molecule has 0 bridgehead atoms. The Morgan fingerprint density at radius 2 is 2.00 bits per heavy atom. The van der Waals surface area contributed by atoms with Gasteiger partial charge in [0.05, 0.1) is 7.11 Å². The molecule has 0 aliphatic rings. The average Bonchev–Trinajstić information content (AvgIpc) is 2.17. The van der Waals surface area contributed by atoms with E-state index in [2.05, 4.69) is 4.74 Å². The van der Waals surface area contributed by atoms with E-state index < -0.39 is 5.97 Å². The molecule has 0 radical (unpaired) electrons. The number of ether oxygens (including phenoxy) is 1. The molecule has 0 atom stereocenters. The van der Waals surface area contributed by atoms with Crippen molar-refractivity contribution in [2.24, 2.45) is 0 Å². The standard InChI is InChI=1S/C10H14O3/c1-4-6-7-8(9(11)5-2)10(12)13-3/h4-7,11H,1-3H3/b6-4-,8-7+,9-5+. The molecular weight excluding hydrogens is 168 g/mol. The normalized spacial score (nSPS) is 13.5. The lowest BCUT2D eigenvalue weighted by atomic mass is 10.2. The summed E-state index contributed by atoms with van der Waals surface area (Å²) < 4.78 is 4.49. The molecule has 0 amide bonds. The molecule has 0 rings (SSSR count). The van der Waals surface area contributed by atoms with Gasteiger partial charge in [-0.3, -0.25) is 0 Å². The minimum Gasteiger partial charge on any atom is -0.507 e. The maximum absolute atomic E-state index is 11.1. The molecule has 0 aliphatic carbocycles. The Labute approximate surface area is 78.0 Å². The highest BCUT2D eigenvalue weighted by atomic mass is 16.5. The largest absolute Gasteiger partial charge is 0.507 e. The third kappa shape index (κ3) is 3.60. The number of aliphatic hydroxyl groups is 1. The van der Waals surface area contributed by atoms with Crippen molar-refractivity contribution in [3.8, 4) is 0 Å². The molecular formula is C10H14O3. The van der Waals surface area contributed by atoms with Gasteiger partial charge in [-0.1, -0.05) is 12.2 Å². The summed E-state index contributed by atoms with van der Waals surface area (Å²) in [4.78, 5) is 11.1. The highest BCUT2D eigenvalue weighted by molar-refractivity contribution is 5.92. The van der Waals surface area contributed by atoms with Crippen LogP contribution in [0.5, 0.6) is 0 Å². The van der Waals surface area contributed by atoms with E-state index in [1.165, 1.54) is 19.3 Å². The second-order valence-corrected chi connectivity index (χ2v) is 2.27. The smallest absolute Gasteiger partial charge is 0.341 e. The molecule has 13 heavy (non-hydrogen) atoms. The first kappa shape index (κ1) is 11.5. The van der Waals surface area contributed by atoms with Gasteiger partial charge in [0.25, 0.3) is 0 Å². The molecule has 0 heterocycles. The van der Waals surface area contributed by atoms with E-state index >= 15 is 0 Å². The van der Waals surface area contributed by atoms with Crippen molar-refractivity contribution in [3.05, 3.63) is 35.6 Å². The maximum atomic E-state index is 11.1. The minimum atomic E-state index is -0.547. The predicted molar refractivity (Wildman–Crippen MR) is 51.3 cm³/mol. The first-order valence-corrected chi connectivity index (χ1v) is 3.94. The van der Waals surface area contributed by atoms with Crippen LogP contribution in [0, 0.1) is 0 Å². The summed E-state index contributed by atoms with van der Waals surface area (Å²) in [5.41, 5.74) is 0.156. The van der Waals surface area contributed by atoms with Gasteiger partial charge in [-0.25, -0.2) is 4.79 Å². The number of hydrogen-bond acceptors (Lipinski definition) is 3. The van der Waals surface area contributed by atoms with Crippen molar-refractivity contribution in [3.63, 3.8) is 0 Å². The van der Waals surface area contributed by atoms with Gasteiger partial charge in [-0.15, -0.1) is 0 Å². The van der Waals surface area contributed by atoms with E-state index in [9.17, 15) is 9.90 Å². The van der Waals surface area contributed by atoms with Gasteiger partial charge in [0.1, 0.15) is 11.3 Å². The molecule has 0 unspecified atom stereocenters. The van der Waals surface area contributed by atoms with E-state index in [4.69, 9.17) is 0 Å². The van der Waals surface area contributed by atoms with Crippen molar-refractivity contribution in [1.82, 2.24) is 0 Å². The van der Waals surface area contributed by atoms with Crippen LogP contribution in [0.3, 0.4) is 0 Å². The molecule has 3 nitrogen and oxygen atoms in total. The number of carbonyl (C=O) groups is 1. The number of esters is 1. The zero-order valence-corrected chi connectivity index (χ0v) is 8.07. The zero-order valence-electron chi connectivity index (χ0n) is 8.07. The Kier molecular flexibility index (Phi) is 5.35. The molecule has 1 N–H and O–H groups in total. The SMILES string of the molecule is C\C=C/C=C(C(=O)OC)\C(O)=C/C. The van der Waals surface area contributed by atoms with Gasteiger partial charge < -0.3 is 9.84 Å². The molecule has 0 saturated carbocycles. The van der Waals surface area contributed by atoms with Crippen LogP contribution in [0.2, 0.25) is 0 Å². The summed E-state index contributed by atoms with van der Waals surface area (Å²) in [6, 6.07) is 0. The van der Waals surface area contributed by atoms with E-state index in [0.29, 0.717) is 0 Å². The Morgan fingerprint density at radius 3 is 2.38 bits per heavy atom. The van der Waals surface area contributed by atoms with Crippen molar-refractivity contribution in [2.75, 3.05) is 7.11 Å². The molecule has 0 aliphatic heterocycles. The van der Waals surface area contributed by atoms with Gasteiger partial charge in [0.2, 0.25) is 0 Å². The molecule has 0 aromatic carbocycles. The van der Waals surface area contributed by atoms with Gasteiger partial charge in [0, 0.05) is 0 Å². The number of carbonyl (C=O) groups excluding carboxylic acids is 1. The van der Waals surface area contributed by atoms with Crippen molar-refractivity contribution in [2.45, 2.75) is 13.8 Å². The van der Waals surface area contributed by atoms with Crippen molar-refractivity contribution < 1.29 is 14.6 Å². The van der Waals surface area contributed by atoms with E-state index in [1.807, 2.05) is 6.92 Å². The fraction of sp³-hybridized carbons (Fsp3) is 0.300. The third-order valence-electron chi connectivity index (χ3n) is 1.41. The molecule has 0 aromatic heterocycles. The lowest BCUT2D eigenvalue weighted by molar-refractivity contribution is -0.136. The van der Waals surface area contributed by atoms with Crippen LogP contribution < -0.4 is 0 Å². The first-order chi connectivity index (χ1) is 6.17. The molecule has 0 fully saturated rings. The fourth-order valence-electron chi connectivity index (χ4n) is 0.716. The molecule has 0 saturated heterocycles. The van der Waals surface area contributed by atoms with Gasteiger partial charge in [0.15, 0.2) is 0 Å². The van der Waals surface area contributed by atoms with Crippen LogP contribution in [-0.4, -0.2) is 18.2 Å². The Balaban J connectivity index is 4.86. The van der Waals surface area contributed by atoms with Crippen molar-refractivity contribution >= 4 is 5.97 Å². The summed E-state index contributed by atoms with van der Waals surface area (Å²) in [6.07, 6.45) is 6.35. The number of methoxy groups -OCH3 is 1. The van der Waals surface area contributed by atoms with Gasteiger partial charge in [-0.05, 0) is 26.0 Å². The Hall–Kier alpha value is -1.51. The van der Waals surface area contributed by atoms with Gasteiger partial charge in [-0.2, -0.15) is 0 Å². The van der Waals surface area contributed by atoms with Crippen LogP contribution in [-0.2, 0) is 9.53 Å². The number of aliphatic hydroxyl groups excluding tert-OH is 1. The summed E-state index contributed by atoms with van der Waals surface area (Å²) in [5.74, 6) is -0.626. The molecule has 3 heteroatoms. The minimum absolute atomic E-state index is 0.0787. The van der Waals surface area contributed by atoms with Crippen LogP contribution in [0.15, 0.2) is 35.6 Å². The van der Waals surface area contributed by atoms with E-state index in [-0.39, 0.29) is 11.3 Å². The second kappa shape index (κ2) is 6.06. The first-order valence-electron chi connectivity index (χ1n) is 3.94. The summed E-state index contributed by atoms with van der Waals surface area (Å²) in [6.45, 7) is 3.46. The lowest BCUT2D eigenvalue weighted by Gasteiger charge is -2.02. The second-order valence-electron chi connectivity index (χ2n) is 2.27. The quantitative estimate of drug-likeness (QED) is 0.315. The highest BCUT2D eigenvalue weighted by Crippen LogP contribution is 2.08. The summed E-state index contributed by atoms with van der Waals surface area (Å²) in [7, 11) is 1.27. The number of hydrogen-bond donors (Lipinski definition) is 1. The van der Waals surface area contributed by atoms with E-state index in [1.54, 1.807) is 19.1 Å². The van der Waals surface area contributed by atoms with Crippen LogP contribution in [0.4, 0.5) is 0 Å². The monoisotopic (exact) mass is 182 g/mol. The van der Waals surface area contributed by atoms with Crippen molar-refractivity contribution in [1.29, 1.82) is 0 Å². The average molecular weight is 182 g/mol. The fourth-order valence-corrected chi connectivity index (χ4v) is 0.716. The van der Waals surface area contributed by atoms with Gasteiger partial charge >= 0.3 is 5.97 Å². The highest BCUT2D eigenvalue weighted by Gasteiger charge is 2.11. The third-order valence-corrected chi connectivity index (χ3v) is 1.41. The molecule has 72 valence electrons. The predicted octanol–water partition coefficient (Wildman–Crippen LogP) is 2.12. The lowest BCUT2D eigenvalue weighted by Crippen LogP contribution is -2.06. The van der Waals surface area contributed by atoms with E-state index in [0.717, 1.165) is 0 Å². The Bertz CT molecular complexity index is 259. The number of allylic oxidation sites excluding steroid dienone is 4. The Morgan fingerprint density at radius 1 is 1.38 bits per heavy atom. The zero-order chi connectivity index (χ0) is 10.3. The molecule has 0 spiro atoms. The van der Waals surface area contributed by atoms with Crippen LogP contribution >= 0.6 is 0 Å². The summed E-state index contributed by atoms with van der Waals surface area (Å²) >= 11 is 0. The molecule has 0 aromatic rings. The topological polar surface area (TPSA) is 46.5 Å². The number of rotatable bonds is 3. The maximum Gasteiger partial charge on any atom is 0.341 e. The van der Waals surface area contributed by atoms with Crippen LogP contribution in [0.25, 0.3) is 0 Å². The van der Waals surface area contributed by atoms with Crippen LogP contribution in [0.1, 0.15) is 13.8 Å². The summed E-state index contributed by atoms with van der Waals surface area (Å²) in [5, 5.41) is 9.30.